The molecule has 0 radical (unpaired) electrons. The molecular weight excluding hydrogens is 242 g/mol. The van der Waals surface area contributed by atoms with Crippen LogP contribution in [0.5, 0.6) is 0 Å². The first-order valence-electron chi connectivity index (χ1n) is 6.45. The van der Waals surface area contributed by atoms with Crippen LogP contribution in [0, 0.1) is 0 Å². The average molecular weight is 263 g/mol. The highest BCUT2D eigenvalue weighted by Crippen LogP contribution is 2.10. The van der Waals surface area contributed by atoms with Crippen LogP contribution in [-0.4, -0.2) is 15.8 Å². The molecule has 0 amide bonds. The molecule has 3 nitrogen and oxygen atoms in total. The Morgan fingerprint density at radius 1 is 1.50 bits per heavy atom. The minimum atomic E-state index is 0.490. The lowest BCUT2D eigenvalue weighted by atomic mass is 10.1. The molecule has 1 N–H and O–H groups in total. The third-order valence-corrected chi connectivity index (χ3v) is 3.82. The second-order valence-corrected chi connectivity index (χ2v) is 5.53. The van der Waals surface area contributed by atoms with E-state index in [4.69, 9.17) is 0 Å². The normalized spacial score (nSPS) is 12.8. The van der Waals surface area contributed by atoms with Gasteiger partial charge in [-0.05, 0) is 42.2 Å². The Labute approximate surface area is 113 Å². The van der Waals surface area contributed by atoms with Gasteiger partial charge in [-0.3, -0.25) is 4.68 Å². The molecule has 0 spiro atoms. The van der Waals surface area contributed by atoms with Crippen molar-refractivity contribution in [2.45, 2.75) is 39.3 Å². The predicted molar refractivity (Wildman–Crippen MR) is 76.9 cm³/mol. The lowest BCUT2D eigenvalue weighted by molar-refractivity contribution is 0.544. The smallest absolute Gasteiger partial charge is 0.0666 e. The van der Waals surface area contributed by atoms with Crippen LogP contribution >= 0.6 is 11.3 Å². The van der Waals surface area contributed by atoms with Crippen LogP contribution in [0.3, 0.4) is 0 Å². The summed E-state index contributed by atoms with van der Waals surface area (Å²) in [6.07, 6.45) is 4.20. The number of hydrogen-bond acceptors (Lipinski definition) is 3. The van der Waals surface area contributed by atoms with E-state index in [0.717, 1.165) is 19.4 Å². The summed E-state index contributed by atoms with van der Waals surface area (Å²) < 4.78 is 1.90. The summed E-state index contributed by atoms with van der Waals surface area (Å²) in [5, 5.41) is 12.4. The molecule has 0 saturated carbocycles. The molecule has 2 heterocycles. The molecule has 0 bridgehead atoms. The van der Waals surface area contributed by atoms with Crippen molar-refractivity contribution >= 4 is 11.3 Å². The molecule has 1 atom stereocenters. The molecule has 0 saturated heterocycles. The second kappa shape index (κ2) is 6.16. The quantitative estimate of drug-likeness (QED) is 0.868. The molecule has 0 aliphatic carbocycles. The molecule has 0 aliphatic heterocycles. The molecule has 0 aromatic carbocycles. The van der Waals surface area contributed by atoms with Crippen LogP contribution in [-0.2, 0) is 26.4 Å². The Hall–Kier alpha value is -1.13. The zero-order valence-electron chi connectivity index (χ0n) is 11.3. The van der Waals surface area contributed by atoms with Crippen molar-refractivity contribution in [3.05, 3.63) is 39.8 Å². The van der Waals surface area contributed by atoms with Gasteiger partial charge in [0.2, 0.25) is 0 Å². The van der Waals surface area contributed by atoms with E-state index in [9.17, 15) is 0 Å². The first-order chi connectivity index (χ1) is 8.69. The van der Waals surface area contributed by atoms with E-state index in [2.05, 4.69) is 47.3 Å². The first-order valence-corrected chi connectivity index (χ1v) is 7.39. The molecule has 2 rings (SSSR count). The van der Waals surface area contributed by atoms with Crippen molar-refractivity contribution in [3.63, 3.8) is 0 Å². The van der Waals surface area contributed by atoms with E-state index in [0.29, 0.717) is 6.04 Å². The van der Waals surface area contributed by atoms with Crippen molar-refractivity contribution in [2.24, 2.45) is 7.05 Å². The minimum Gasteiger partial charge on any atom is -0.310 e. The lowest BCUT2D eigenvalue weighted by Gasteiger charge is -2.12. The van der Waals surface area contributed by atoms with Gasteiger partial charge in [-0.15, -0.1) is 0 Å². The summed E-state index contributed by atoms with van der Waals surface area (Å²) >= 11 is 1.76. The van der Waals surface area contributed by atoms with E-state index in [1.807, 2.05) is 11.7 Å². The van der Waals surface area contributed by atoms with Crippen molar-refractivity contribution in [1.29, 1.82) is 0 Å². The number of hydrogen-bond donors (Lipinski definition) is 1. The van der Waals surface area contributed by atoms with E-state index in [1.165, 1.54) is 16.8 Å². The Balaban J connectivity index is 1.86. The summed E-state index contributed by atoms with van der Waals surface area (Å²) in [4.78, 5) is 0. The minimum absolute atomic E-state index is 0.490. The van der Waals surface area contributed by atoms with Crippen LogP contribution < -0.4 is 5.32 Å². The Morgan fingerprint density at radius 3 is 3.00 bits per heavy atom. The number of aryl methyl sites for hydroxylation is 2. The van der Waals surface area contributed by atoms with E-state index < -0.39 is 0 Å². The van der Waals surface area contributed by atoms with Crippen LogP contribution in [0.4, 0.5) is 0 Å². The standard InChI is InChI=1S/C14H21N3S/c1-4-14-13(9-17(3)16-14)8-15-11(2)7-12-5-6-18-10-12/h5-6,9-11,15H,4,7-8H2,1-3H3. The van der Waals surface area contributed by atoms with E-state index >= 15 is 0 Å². The van der Waals surface area contributed by atoms with Gasteiger partial charge in [0, 0.05) is 31.4 Å². The highest BCUT2D eigenvalue weighted by molar-refractivity contribution is 7.07. The monoisotopic (exact) mass is 263 g/mol. The number of rotatable bonds is 6. The van der Waals surface area contributed by atoms with Gasteiger partial charge in [-0.1, -0.05) is 6.92 Å². The van der Waals surface area contributed by atoms with Gasteiger partial charge in [0.15, 0.2) is 0 Å². The maximum absolute atomic E-state index is 4.46. The molecular formula is C14H21N3S. The summed E-state index contributed by atoms with van der Waals surface area (Å²) in [6.45, 7) is 5.29. The molecule has 2 aromatic rings. The van der Waals surface area contributed by atoms with Crippen LogP contribution in [0.2, 0.25) is 0 Å². The molecule has 2 aromatic heterocycles. The number of thiophene rings is 1. The highest BCUT2D eigenvalue weighted by Gasteiger charge is 2.08. The van der Waals surface area contributed by atoms with Crippen molar-refractivity contribution in [2.75, 3.05) is 0 Å². The van der Waals surface area contributed by atoms with Crippen molar-refractivity contribution in [3.8, 4) is 0 Å². The lowest BCUT2D eigenvalue weighted by Crippen LogP contribution is -2.27. The van der Waals surface area contributed by atoms with E-state index in [1.54, 1.807) is 11.3 Å². The summed E-state index contributed by atoms with van der Waals surface area (Å²) in [6, 6.07) is 2.69. The molecule has 4 heteroatoms. The fraction of sp³-hybridized carbons (Fsp3) is 0.500. The van der Waals surface area contributed by atoms with Gasteiger partial charge in [-0.25, -0.2) is 0 Å². The highest BCUT2D eigenvalue weighted by atomic mass is 32.1. The molecule has 1 unspecified atom stereocenters. The fourth-order valence-electron chi connectivity index (χ4n) is 2.15. The molecule has 0 aliphatic rings. The Kier molecular flexibility index (Phi) is 4.55. The third-order valence-electron chi connectivity index (χ3n) is 3.09. The van der Waals surface area contributed by atoms with Crippen LogP contribution in [0.25, 0.3) is 0 Å². The van der Waals surface area contributed by atoms with Gasteiger partial charge < -0.3 is 5.32 Å². The van der Waals surface area contributed by atoms with E-state index in [-0.39, 0.29) is 0 Å². The maximum Gasteiger partial charge on any atom is 0.0666 e. The van der Waals surface area contributed by atoms with Gasteiger partial charge >= 0.3 is 0 Å². The average Bonchev–Trinajstić information content (AvgIpc) is 2.95. The fourth-order valence-corrected chi connectivity index (χ4v) is 2.83. The Bertz CT molecular complexity index is 473. The van der Waals surface area contributed by atoms with Crippen LogP contribution in [0.1, 0.15) is 30.7 Å². The summed E-state index contributed by atoms with van der Waals surface area (Å²) in [5.41, 5.74) is 3.94. The van der Waals surface area contributed by atoms with Gasteiger partial charge in [0.05, 0.1) is 5.69 Å². The summed E-state index contributed by atoms with van der Waals surface area (Å²) in [5.74, 6) is 0. The van der Waals surface area contributed by atoms with Crippen molar-refractivity contribution < 1.29 is 0 Å². The van der Waals surface area contributed by atoms with Crippen molar-refractivity contribution in [1.82, 2.24) is 15.1 Å². The van der Waals surface area contributed by atoms with Crippen LogP contribution in [0.15, 0.2) is 23.0 Å². The van der Waals surface area contributed by atoms with Gasteiger partial charge in [-0.2, -0.15) is 16.4 Å². The first kappa shape index (κ1) is 13.3. The zero-order chi connectivity index (χ0) is 13.0. The zero-order valence-corrected chi connectivity index (χ0v) is 12.1. The molecule has 18 heavy (non-hydrogen) atoms. The third kappa shape index (κ3) is 3.43. The molecule has 98 valence electrons. The maximum atomic E-state index is 4.46. The number of aromatic nitrogens is 2. The largest absolute Gasteiger partial charge is 0.310 e. The second-order valence-electron chi connectivity index (χ2n) is 4.75. The van der Waals surface area contributed by atoms with Gasteiger partial charge in [0.1, 0.15) is 0 Å². The number of nitrogens with one attached hydrogen (secondary N) is 1. The topological polar surface area (TPSA) is 29.9 Å². The molecule has 0 fully saturated rings. The number of nitrogens with zero attached hydrogens (tertiary/aromatic N) is 2. The Morgan fingerprint density at radius 2 is 2.33 bits per heavy atom. The van der Waals surface area contributed by atoms with Gasteiger partial charge in [0.25, 0.3) is 0 Å². The predicted octanol–water partition coefficient (Wildman–Crippen LogP) is 2.76. The SMILES string of the molecule is CCc1nn(C)cc1CNC(C)Cc1ccsc1. The summed E-state index contributed by atoms with van der Waals surface area (Å²) in [7, 11) is 1.98.